The monoisotopic (exact) mass is 191 g/mol. The molecule has 1 saturated carbocycles. The van der Waals surface area contributed by atoms with Gasteiger partial charge < -0.3 is 10.4 Å². The lowest BCUT2D eigenvalue weighted by molar-refractivity contribution is 0.333. The Kier molecular flexibility index (Phi) is 2.62. The quantitative estimate of drug-likeness (QED) is 0.770. The molecule has 0 heterocycles. The molecule has 1 aromatic rings. The van der Waals surface area contributed by atoms with Crippen molar-refractivity contribution in [3.8, 4) is 5.75 Å². The maximum atomic E-state index is 9.50. The normalized spacial score (nSPS) is 16.4. The van der Waals surface area contributed by atoms with E-state index >= 15 is 0 Å². The summed E-state index contributed by atoms with van der Waals surface area (Å²) in [6, 6.07) is 5.76. The van der Waals surface area contributed by atoms with Gasteiger partial charge in [0.1, 0.15) is 5.75 Å². The van der Waals surface area contributed by atoms with Crippen LogP contribution < -0.4 is 5.32 Å². The van der Waals surface area contributed by atoms with Gasteiger partial charge >= 0.3 is 0 Å². The first-order chi connectivity index (χ1) is 6.75. The zero-order chi connectivity index (χ0) is 9.97. The fourth-order valence-corrected chi connectivity index (χ4v) is 1.68. The second kappa shape index (κ2) is 3.91. The predicted molar refractivity (Wildman–Crippen MR) is 58.7 cm³/mol. The van der Waals surface area contributed by atoms with Crippen LogP contribution in [0.3, 0.4) is 0 Å². The average Bonchev–Trinajstić information content (AvgIpc) is 2.08. The lowest BCUT2D eigenvalue weighted by Crippen LogP contribution is -2.20. The fraction of sp³-hybridized carbons (Fsp3) is 0.500. The van der Waals surface area contributed by atoms with Crippen LogP contribution in [0.4, 0.5) is 5.69 Å². The molecule has 1 aromatic carbocycles. The van der Waals surface area contributed by atoms with Crippen LogP contribution in [0.1, 0.15) is 24.8 Å². The molecule has 14 heavy (non-hydrogen) atoms. The summed E-state index contributed by atoms with van der Waals surface area (Å²) in [5, 5.41) is 12.9. The average molecular weight is 191 g/mol. The lowest BCUT2D eigenvalue weighted by atomic mass is 9.85. The third kappa shape index (κ3) is 2.00. The molecule has 2 rings (SSSR count). The van der Waals surface area contributed by atoms with E-state index in [0.717, 1.165) is 23.7 Å². The molecule has 2 N–H and O–H groups in total. The highest BCUT2D eigenvalue weighted by Crippen LogP contribution is 2.27. The molecule has 0 amide bonds. The van der Waals surface area contributed by atoms with Crippen LogP contribution >= 0.6 is 0 Å². The smallest absolute Gasteiger partial charge is 0.120 e. The minimum atomic E-state index is 0.378. The van der Waals surface area contributed by atoms with E-state index in [4.69, 9.17) is 0 Å². The van der Waals surface area contributed by atoms with Gasteiger partial charge in [-0.3, -0.25) is 0 Å². The number of rotatable bonds is 3. The van der Waals surface area contributed by atoms with Crippen molar-refractivity contribution in [3.05, 3.63) is 23.8 Å². The van der Waals surface area contributed by atoms with E-state index in [1.54, 1.807) is 6.07 Å². The highest BCUT2D eigenvalue weighted by atomic mass is 16.3. The number of anilines is 1. The molecular formula is C12H17NO. The number of aromatic hydroxyl groups is 1. The Morgan fingerprint density at radius 2 is 2.21 bits per heavy atom. The fourth-order valence-electron chi connectivity index (χ4n) is 1.68. The number of phenols is 1. The highest BCUT2D eigenvalue weighted by molar-refractivity contribution is 5.50. The first-order valence-electron chi connectivity index (χ1n) is 5.29. The van der Waals surface area contributed by atoms with E-state index in [0.29, 0.717) is 5.75 Å². The van der Waals surface area contributed by atoms with Crippen molar-refractivity contribution in [2.75, 3.05) is 11.9 Å². The van der Waals surface area contributed by atoms with Crippen molar-refractivity contribution in [1.29, 1.82) is 0 Å². The van der Waals surface area contributed by atoms with Crippen LogP contribution in [0, 0.1) is 12.8 Å². The van der Waals surface area contributed by atoms with Crippen LogP contribution in [-0.4, -0.2) is 11.7 Å². The van der Waals surface area contributed by atoms with Crippen molar-refractivity contribution in [2.24, 2.45) is 5.92 Å². The van der Waals surface area contributed by atoms with Gasteiger partial charge in [0.05, 0.1) is 0 Å². The minimum Gasteiger partial charge on any atom is -0.508 e. The molecule has 0 atom stereocenters. The van der Waals surface area contributed by atoms with Gasteiger partial charge in [0.15, 0.2) is 0 Å². The Hall–Kier alpha value is -1.18. The summed E-state index contributed by atoms with van der Waals surface area (Å²) in [4.78, 5) is 0. The van der Waals surface area contributed by atoms with Crippen LogP contribution in [0.25, 0.3) is 0 Å². The molecule has 1 fully saturated rings. The van der Waals surface area contributed by atoms with Crippen LogP contribution in [0.5, 0.6) is 5.75 Å². The molecule has 0 aliphatic heterocycles. The van der Waals surface area contributed by atoms with Crippen molar-refractivity contribution in [3.63, 3.8) is 0 Å². The van der Waals surface area contributed by atoms with E-state index in [1.165, 1.54) is 19.3 Å². The van der Waals surface area contributed by atoms with Gasteiger partial charge in [-0.1, -0.05) is 12.5 Å². The molecule has 0 unspecified atom stereocenters. The molecule has 1 aliphatic rings. The number of aryl methyl sites for hydroxylation is 1. The lowest BCUT2D eigenvalue weighted by Gasteiger charge is -2.25. The largest absolute Gasteiger partial charge is 0.508 e. The first kappa shape index (κ1) is 9.38. The number of benzene rings is 1. The van der Waals surface area contributed by atoms with E-state index < -0.39 is 0 Å². The summed E-state index contributed by atoms with van der Waals surface area (Å²) in [6.45, 7) is 2.95. The second-order valence-electron chi connectivity index (χ2n) is 4.18. The Balaban J connectivity index is 1.91. The predicted octanol–water partition coefficient (Wildman–Crippen LogP) is 2.91. The molecule has 2 nitrogen and oxygen atoms in total. The van der Waals surface area contributed by atoms with Gasteiger partial charge in [0.25, 0.3) is 0 Å². The maximum absolute atomic E-state index is 9.50. The Morgan fingerprint density at radius 1 is 1.43 bits per heavy atom. The molecule has 0 radical (unpaired) electrons. The summed E-state index contributed by atoms with van der Waals surface area (Å²) >= 11 is 0. The van der Waals surface area contributed by atoms with Gasteiger partial charge in [0.2, 0.25) is 0 Å². The SMILES string of the molecule is Cc1ccc(NCC2CCC2)cc1O. The third-order valence-corrected chi connectivity index (χ3v) is 3.03. The summed E-state index contributed by atoms with van der Waals surface area (Å²) in [5.41, 5.74) is 1.96. The molecule has 2 heteroatoms. The van der Waals surface area contributed by atoms with Crippen molar-refractivity contribution in [2.45, 2.75) is 26.2 Å². The molecule has 0 bridgehead atoms. The molecule has 1 aliphatic carbocycles. The summed E-state index contributed by atoms with van der Waals surface area (Å²) in [6.07, 6.45) is 4.08. The zero-order valence-electron chi connectivity index (χ0n) is 8.59. The van der Waals surface area contributed by atoms with Gasteiger partial charge in [-0.25, -0.2) is 0 Å². The minimum absolute atomic E-state index is 0.378. The topological polar surface area (TPSA) is 32.3 Å². The van der Waals surface area contributed by atoms with Gasteiger partial charge in [-0.2, -0.15) is 0 Å². The van der Waals surface area contributed by atoms with Crippen LogP contribution in [-0.2, 0) is 0 Å². The number of phenolic OH excluding ortho intramolecular Hbond substituents is 1. The molecular weight excluding hydrogens is 174 g/mol. The Morgan fingerprint density at radius 3 is 2.79 bits per heavy atom. The summed E-state index contributed by atoms with van der Waals surface area (Å²) < 4.78 is 0. The van der Waals surface area contributed by atoms with Gasteiger partial charge in [-0.15, -0.1) is 0 Å². The summed E-state index contributed by atoms with van der Waals surface area (Å²) in [7, 11) is 0. The van der Waals surface area contributed by atoms with Crippen molar-refractivity contribution < 1.29 is 5.11 Å². The Bertz CT molecular complexity index is 318. The van der Waals surface area contributed by atoms with Crippen molar-refractivity contribution >= 4 is 5.69 Å². The molecule has 0 spiro atoms. The van der Waals surface area contributed by atoms with E-state index in [2.05, 4.69) is 5.32 Å². The van der Waals surface area contributed by atoms with Crippen LogP contribution in [0.15, 0.2) is 18.2 Å². The molecule has 76 valence electrons. The number of nitrogens with one attached hydrogen (secondary N) is 1. The highest BCUT2D eigenvalue weighted by Gasteiger charge is 2.16. The number of hydrogen-bond acceptors (Lipinski definition) is 2. The molecule has 0 saturated heterocycles. The Labute approximate surface area is 85.0 Å². The molecule has 0 aromatic heterocycles. The van der Waals surface area contributed by atoms with E-state index in [-0.39, 0.29) is 0 Å². The third-order valence-electron chi connectivity index (χ3n) is 3.03. The number of hydrogen-bond donors (Lipinski definition) is 2. The first-order valence-corrected chi connectivity index (χ1v) is 5.29. The standard InChI is InChI=1S/C12H17NO/c1-9-5-6-11(7-12(9)14)13-8-10-3-2-4-10/h5-7,10,13-14H,2-4,8H2,1H3. The van der Waals surface area contributed by atoms with Crippen LogP contribution in [0.2, 0.25) is 0 Å². The summed E-state index contributed by atoms with van der Waals surface area (Å²) in [5.74, 6) is 1.22. The maximum Gasteiger partial charge on any atom is 0.120 e. The van der Waals surface area contributed by atoms with E-state index in [1.807, 2.05) is 19.1 Å². The van der Waals surface area contributed by atoms with Crippen molar-refractivity contribution in [1.82, 2.24) is 0 Å². The second-order valence-corrected chi connectivity index (χ2v) is 4.18. The van der Waals surface area contributed by atoms with E-state index in [9.17, 15) is 5.11 Å². The van der Waals surface area contributed by atoms with Gasteiger partial charge in [-0.05, 0) is 37.3 Å². The zero-order valence-corrected chi connectivity index (χ0v) is 8.59. The van der Waals surface area contributed by atoms with Gasteiger partial charge in [0, 0.05) is 18.3 Å².